The standard InChI is InChI=1S/C12H16O2/c1-8-4-5-11(6-9(8)2)7-10(3)12(13)14/h4-6,10H,7H2,1-3H3,(H,13,14)/t10-/m0/s1. The summed E-state index contributed by atoms with van der Waals surface area (Å²) in [5.41, 5.74) is 3.57. The fourth-order valence-corrected chi connectivity index (χ4v) is 1.37. The molecule has 14 heavy (non-hydrogen) atoms. The summed E-state index contributed by atoms with van der Waals surface area (Å²) in [6.45, 7) is 5.83. The van der Waals surface area contributed by atoms with Crippen LogP contribution in [0.15, 0.2) is 18.2 Å². The van der Waals surface area contributed by atoms with Crippen molar-refractivity contribution >= 4 is 5.97 Å². The molecule has 0 spiro atoms. The van der Waals surface area contributed by atoms with Crippen molar-refractivity contribution in [2.24, 2.45) is 5.92 Å². The van der Waals surface area contributed by atoms with E-state index in [2.05, 4.69) is 13.0 Å². The summed E-state index contributed by atoms with van der Waals surface area (Å²) in [4.78, 5) is 10.7. The Hall–Kier alpha value is -1.31. The van der Waals surface area contributed by atoms with Gasteiger partial charge in [0.15, 0.2) is 0 Å². The lowest BCUT2D eigenvalue weighted by Crippen LogP contribution is -2.12. The summed E-state index contributed by atoms with van der Waals surface area (Å²) in [6.07, 6.45) is 0.608. The summed E-state index contributed by atoms with van der Waals surface area (Å²) >= 11 is 0. The Kier molecular flexibility index (Phi) is 3.28. The zero-order valence-electron chi connectivity index (χ0n) is 8.87. The first kappa shape index (κ1) is 10.8. The fraction of sp³-hybridized carbons (Fsp3) is 0.417. The first-order chi connectivity index (χ1) is 6.50. The van der Waals surface area contributed by atoms with Crippen molar-refractivity contribution < 1.29 is 9.90 Å². The maximum absolute atomic E-state index is 10.7. The van der Waals surface area contributed by atoms with Crippen LogP contribution in [-0.2, 0) is 11.2 Å². The van der Waals surface area contributed by atoms with Crippen molar-refractivity contribution in [3.8, 4) is 0 Å². The number of carbonyl (C=O) groups is 1. The van der Waals surface area contributed by atoms with Crippen LogP contribution in [0.1, 0.15) is 23.6 Å². The third kappa shape index (κ3) is 2.59. The molecule has 0 fully saturated rings. The summed E-state index contributed by atoms with van der Waals surface area (Å²) < 4.78 is 0. The van der Waals surface area contributed by atoms with Crippen molar-refractivity contribution in [2.75, 3.05) is 0 Å². The van der Waals surface area contributed by atoms with Gasteiger partial charge >= 0.3 is 5.97 Å². The van der Waals surface area contributed by atoms with E-state index in [0.29, 0.717) is 6.42 Å². The molecule has 1 atom stereocenters. The minimum Gasteiger partial charge on any atom is -0.481 e. The minimum absolute atomic E-state index is 0.308. The van der Waals surface area contributed by atoms with Crippen LogP contribution >= 0.6 is 0 Å². The van der Waals surface area contributed by atoms with Gasteiger partial charge < -0.3 is 5.11 Å². The van der Waals surface area contributed by atoms with Crippen molar-refractivity contribution in [3.63, 3.8) is 0 Å². The smallest absolute Gasteiger partial charge is 0.306 e. The lowest BCUT2D eigenvalue weighted by atomic mass is 9.98. The second-order valence-electron chi connectivity index (χ2n) is 3.86. The first-order valence-electron chi connectivity index (χ1n) is 4.79. The molecule has 0 saturated heterocycles. The number of rotatable bonds is 3. The minimum atomic E-state index is -0.733. The van der Waals surface area contributed by atoms with Gasteiger partial charge in [-0.1, -0.05) is 25.1 Å². The monoisotopic (exact) mass is 192 g/mol. The summed E-state index contributed by atoms with van der Waals surface area (Å²) in [5.74, 6) is -1.04. The van der Waals surface area contributed by atoms with Crippen molar-refractivity contribution in [3.05, 3.63) is 34.9 Å². The number of aliphatic carboxylic acids is 1. The van der Waals surface area contributed by atoms with E-state index in [1.807, 2.05) is 19.1 Å². The fourth-order valence-electron chi connectivity index (χ4n) is 1.37. The number of hydrogen-bond acceptors (Lipinski definition) is 1. The van der Waals surface area contributed by atoms with Crippen LogP contribution < -0.4 is 0 Å². The van der Waals surface area contributed by atoms with E-state index in [4.69, 9.17) is 5.11 Å². The van der Waals surface area contributed by atoms with Crippen LogP contribution in [-0.4, -0.2) is 11.1 Å². The second kappa shape index (κ2) is 4.27. The van der Waals surface area contributed by atoms with Crippen LogP contribution in [0.5, 0.6) is 0 Å². The third-order valence-corrected chi connectivity index (χ3v) is 2.53. The third-order valence-electron chi connectivity index (χ3n) is 2.53. The van der Waals surface area contributed by atoms with E-state index in [0.717, 1.165) is 5.56 Å². The van der Waals surface area contributed by atoms with Gasteiger partial charge in [-0.15, -0.1) is 0 Å². The average Bonchev–Trinajstić information content (AvgIpc) is 2.11. The van der Waals surface area contributed by atoms with Crippen LogP contribution in [0.3, 0.4) is 0 Å². The molecule has 1 rings (SSSR count). The van der Waals surface area contributed by atoms with Crippen LogP contribution in [0.25, 0.3) is 0 Å². The molecule has 0 aliphatic heterocycles. The first-order valence-corrected chi connectivity index (χ1v) is 4.79. The molecule has 0 bridgehead atoms. The lowest BCUT2D eigenvalue weighted by molar-refractivity contribution is -0.141. The highest BCUT2D eigenvalue weighted by Crippen LogP contribution is 2.13. The van der Waals surface area contributed by atoms with Gasteiger partial charge in [-0.3, -0.25) is 4.79 Å². The van der Waals surface area contributed by atoms with Crippen molar-refractivity contribution in [2.45, 2.75) is 27.2 Å². The van der Waals surface area contributed by atoms with Gasteiger partial charge in [0.25, 0.3) is 0 Å². The molecule has 0 unspecified atom stereocenters. The molecule has 2 nitrogen and oxygen atoms in total. The Morgan fingerprint density at radius 2 is 2.00 bits per heavy atom. The molecule has 0 aliphatic rings. The highest BCUT2D eigenvalue weighted by molar-refractivity contribution is 5.69. The zero-order chi connectivity index (χ0) is 10.7. The molecule has 1 aromatic rings. The summed E-state index contributed by atoms with van der Waals surface area (Å²) in [5, 5.41) is 8.77. The molecule has 76 valence electrons. The Balaban J connectivity index is 2.78. The van der Waals surface area contributed by atoms with Gasteiger partial charge in [-0.2, -0.15) is 0 Å². The van der Waals surface area contributed by atoms with Crippen molar-refractivity contribution in [1.82, 2.24) is 0 Å². The number of carboxylic acids is 1. The van der Waals surface area contributed by atoms with Crippen molar-refractivity contribution in [1.29, 1.82) is 0 Å². The molecule has 0 radical (unpaired) electrons. The van der Waals surface area contributed by atoms with Gasteiger partial charge in [0, 0.05) is 0 Å². The molecule has 0 amide bonds. The molecule has 1 N–H and O–H groups in total. The molecule has 0 heterocycles. The molecule has 2 heteroatoms. The number of aryl methyl sites for hydroxylation is 2. The normalized spacial score (nSPS) is 12.5. The van der Waals surface area contributed by atoms with Gasteiger partial charge in [0.1, 0.15) is 0 Å². The topological polar surface area (TPSA) is 37.3 Å². The predicted molar refractivity (Wildman–Crippen MR) is 56.4 cm³/mol. The Labute approximate surface area is 84.6 Å². The Morgan fingerprint density at radius 3 is 2.50 bits per heavy atom. The molecule has 0 aliphatic carbocycles. The van der Waals surface area contributed by atoms with E-state index in [9.17, 15) is 4.79 Å². The summed E-state index contributed by atoms with van der Waals surface area (Å²) in [6, 6.07) is 6.11. The van der Waals surface area contributed by atoms with Gasteiger partial charge in [-0.05, 0) is 37.0 Å². The SMILES string of the molecule is Cc1ccc(C[C@H](C)C(=O)O)cc1C. The highest BCUT2D eigenvalue weighted by atomic mass is 16.4. The zero-order valence-corrected chi connectivity index (χ0v) is 8.87. The van der Waals surface area contributed by atoms with Crippen LogP contribution in [0, 0.1) is 19.8 Å². The maximum atomic E-state index is 10.7. The second-order valence-corrected chi connectivity index (χ2v) is 3.86. The number of benzene rings is 1. The largest absolute Gasteiger partial charge is 0.481 e. The number of carboxylic acid groups (broad SMARTS) is 1. The predicted octanol–water partition coefficient (Wildman–Crippen LogP) is 2.57. The van der Waals surface area contributed by atoms with Gasteiger partial charge in [0.2, 0.25) is 0 Å². The van der Waals surface area contributed by atoms with E-state index in [-0.39, 0.29) is 5.92 Å². The molecule has 0 saturated carbocycles. The molecule has 0 aromatic heterocycles. The van der Waals surface area contributed by atoms with E-state index in [1.54, 1.807) is 6.92 Å². The number of hydrogen-bond donors (Lipinski definition) is 1. The van der Waals surface area contributed by atoms with E-state index >= 15 is 0 Å². The maximum Gasteiger partial charge on any atom is 0.306 e. The quantitative estimate of drug-likeness (QED) is 0.799. The lowest BCUT2D eigenvalue weighted by Gasteiger charge is -2.08. The Morgan fingerprint density at radius 1 is 1.36 bits per heavy atom. The van der Waals surface area contributed by atoms with Crippen LogP contribution in [0.4, 0.5) is 0 Å². The summed E-state index contributed by atoms with van der Waals surface area (Å²) in [7, 11) is 0. The Bertz CT molecular complexity index is 342. The van der Waals surface area contributed by atoms with Gasteiger partial charge in [-0.25, -0.2) is 0 Å². The molecular weight excluding hydrogens is 176 g/mol. The van der Waals surface area contributed by atoms with E-state index < -0.39 is 5.97 Å². The molecular formula is C12H16O2. The highest BCUT2D eigenvalue weighted by Gasteiger charge is 2.11. The van der Waals surface area contributed by atoms with E-state index in [1.165, 1.54) is 11.1 Å². The van der Waals surface area contributed by atoms with Crippen LogP contribution in [0.2, 0.25) is 0 Å². The van der Waals surface area contributed by atoms with Gasteiger partial charge in [0.05, 0.1) is 5.92 Å². The molecule has 1 aromatic carbocycles. The average molecular weight is 192 g/mol.